The maximum absolute atomic E-state index is 12.3. The molecule has 0 aliphatic rings. The number of carbonyl (C=O) groups excluding carboxylic acids is 1. The Morgan fingerprint density at radius 1 is 0.839 bits per heavy atom. The van der Waals surface area contributed by atoms with Crippen LogP contribution in [0.15, 0.2) is 54.6 Å². The lowest BCUT2D eigenvalue weighted by Gasteiger charge is -2.09. The molecule has 2 rings (SSSR count). The first-order valence-electron chi connectivity index (χ1n) is 11.4. The van der Waals surface area contributed by atoms with Gasteiger partial charge in [-0.1, -0.05) is 89.0 Å². The number of hydrogen-bond acceptors (Lipinski definition) is 4. The van der Waals surface area contributed by atoms with Gasteiger partial charge in [0.2, 0.25) is 0 Å². The van der Waals surface area contributed by atoms with Gasteiger partial charge in [-0.05, 0) is 36.8 Å². The van der Waals surface area contributed by atoms with Crippen molar-refractivity contribution in [1.29, 1.82) is 0 Å². The number of benzene rings is 2. The molecule has 5 nitrogen and oxygen atoms in total. The lowest BCUT2D eigenvalue weighted by molar-refractivity contribution is 0.0497. The van der Waals surface area contributed by atoms with Crippen LogP contribution in [0.4, 0.5) is 5.69 Å². The van der Waals surface area contributed by atoms with Crippen molar-refractivity contribution in [2.45, 2.75) is 71.1 Å². The number of unbranched alkanes of at least 4 members (excludes halogenated alkanes) is 9. The van der Waals surface area contributed by atoms with E-state index < -0.39 is 11.3 Å². The van der Waals surface area contributed by atoms with Crippen molar-refractivity contribution in [3.05, 3.63) is 60.2 Å². The Balaban J connectivity index is 1.61. The zero-order valence-corrected chi connectivity index (χ0v) is 19.3. The molecule has 1 N–H and O–H groups in total. The number of carbonyl (C=O) groups is 1. The number of anilines is 1. The molecule has 0 saturated carbocycles. The first-order valence-corrected chi connectivity index (χ1v) is 12.5. The van der Waals surface area contributed by atoms with E-state index in [0.717, 1.165) is 12.8 Å². The Labute approximate surface area is 189 Å². The van der Waals surface area contributed by atoms with Crippen LogP contribution in [-0.2, 0) is 16.0 Å². The van der Waals surface area contributed by atoms with Crippen LogP contribution in [0.2, 0.25) is 0 Å². The van der Waals surface area contributed by atoms with Crippen molar-refractivity contribution < 1.29 is 17.9 Å². The molecule has 31 heavy (non-hydrogen) atoms. The van der Waals surface area contributed by atoms with Crippen molar-refractivity contribution in [2.75, 3.05) is 11.3 Å². The molecule has 2 aromatic carbocycles. The van der Waals surface area contributed by atoms with Crippen LogP contribution in [0.25, 0.3) is 0 Å². The molecular weight excluding hydrogens is 410 g/mol. The predicted octanol–water partition coefficient (Wildman–Crippen LogP) is 6.83. The average Bonchev–Trinajstić information content (AvgIpc) is 2.78. The van der Waals surface area contributed by atoms with Gasteiger partial charge in [-0.15, -0.1) is 0 Å². The zero-order valence-electron chi connectivity index (χ0n) is 18.5. The van der Waals surface area contributed by atoms with E-state index >= 15 is 0 Å². The molecule has 0 aliphatic carbocycles. The molecule has 1 atom stereocenters. The fourth-order valence-electron chi connectivity index (χ4n) is 3.22. The molecule has 6 heteroatoms. The highest BCUT2D eigenvalue weighted by Crippen LogP contribution is 2.17. The first-order chi connectivity index (χ1) is 15.2. The van der Waals surface area contributed by atoms with Crippen LogP contribution >= 0.6 is 0 Å². The van der Waals surface area contributed by atoms with Crippen molar-refractivity contribution in [3.63, 3.8) is 0 Å². The second kappa shape index (κ2) is 15.5. The molecule has 170 valence electrons. The normalized spacial score (nSPS) is 11.6. The third kappa shape index (κ3) is 11.0. The molecule has 0 aliphatic heterocycles. The Bertz CT molecular complexity index is 782. The van der Waals surface area contributed by atoms with E-state index in [0.29, 0.717) is 23.6 Å². The van der Waals surface area contributed by atoms with Crippen molar-refractivity contribution >= 4 is 22.9 Å². The summed E-state index contributed by atoms with van der Waals surface area (Å²) >= 11 is -1.76. The predicted molar refractivity (Wildman–Crippen MR) is 127 cm³/mol. The molecule has 2 aromatic rings. The zero-order chi connectivity index (χ0) is 22.2. The number of esters is 1. The maximum atomic E-state index is 12.3. The average molecular weight is 446 g/mol. The van der Waals surface area contributed by atoms with Crippen molar-refractivity contribution in [3.8, 4) is 5.75 Å². The van der Waals surface area contributed by atoms with Crippen LogP contribution in [0.3, 0.4) is 0 Å². The minimum atomic E-state index is -1.76. The minimum absolute atomic E-state index is 0.343. The monoisotopic (exact) mass is 445 g/mol. The number of nitrogens with one attached hydrogen (secondary N) is 1. The van der Waals surface area contributed by atoms with E-state index in [1.165, 1.54) is 51.4 Å². The summed E-state index contributed by atoms with van der Waals surface area (Å²) in [6.45, 7) is 2.66. The van der Waals surface area contributed by atoms with Crippen molar-refractivity contribution in [2.24, 2.45) is 0 Å². The molecule has 0 fully saturated rings. The quantitative estimate of drug-likeness (QED) is 0.227. The van der Waals surface area contributed by atoms with E-state index in [1.54, 1.807) is 36.4 Å². The standard InChI is InChI=1S/C25H35NO4S/c1-2-3-4-5-6-7-8-9-10-14-20-29-25(27)22-16-15-19-24(21-22)30-31(28)26-23-17-12-11-13-18-23/h11-13,15-19,21,26H,2-10,14,20H2,1H3. The summed E-state index contributed by atoms with van der Waals surface area (Å²) in [5, 5.41) is 0. The van der Waals surface area contributed by atoms with Crippen molar-refractivity contribution in [1.82, 2.24) is 0 Å². The SMILES string of the molecule is CCCCCCCCCCCCOC(=O)c1cccc(OS(=O)Nc2ccccc2)c1. The van der Waals surface area contributed by atoms with Gasteiger partial charge in [-0.3, -0.25) is 4.72 Å². The second-order valence-electron chi connectivity index (χ2n) is 7.63. The van der Waals surface area contributed by atoms with E-state index in [9.17, 15) is 9.00 Å². The van der Waals surface area contributed by atoms with E-state index in [2.05, 4.69) is 11.6 Å². The van der Waals surface area contributed by atoms with Gasteiger partial charge < -0.3 is 8.92 Å². The van der Waals surface area contributed by atoms with E-state index in [1.807, 2.05) is 18.2 Å². The highest BCUT2D eigenvalue weighted by molar-refractivity contribution is 7.81. The number of ether oxygens (including phenoxy) is 1. The summed E-state index contributed by atoms with van der Waals surface area (Å²) < 4.78 is 25.6. The molecule has 0 radical (unpaired) electrons. The molecular formula is C25H35NO4S. The highest BCUT2D eigenvalue weighted by Gasteiger charge is 2.10. The fraction of sp³-hybridized carbons (Fsp3) is 0.480. The number of hydrogen-bond donors (Lipinski definition) is 1. The van der Waals surface area contributed by atoms with Crippen LogP contribution in [0.1, 0.15) is 81.5 Å². The van der Waals surface area contributed by atoms with Crippen LogP contribution in [-0.4, -0.2) is 16.8 Å². The van der Waals surface area contributed by atoms with Gasteiger partial charge >= 0.3 is 17.2 Å². The second-order valence-corrected chi connectivity index (χ2v) is 8.47. The molecule has 0 amide bonds. The first kappa shape index (κ1) is 24.9. The minimum Gasteiger partial charge on any atom is -0.462 e. The topological polar surface area (TPSA) is 64.6 Å². The van der Waals surface area contributed by atoms with Gasteiger partial charge in [0.15, 0.2) is 0 Å². The highest BCUT2D eigenvalue weighted by atomic mass is 32.2. The van der Waals surface area contributed by atoms with Gasteiger partial charge in [0.1, 0.15) is 5.75 Å². The lowest BCUT2D eigenvalue weighted by atomic mass is 10.1. The van der Waals surface area contributed by atoms with Crippen LogP contribution < -0.4 is 8.91 Å². The van der Waals surface area contributed by atoms with Gasteiger partial charge in [0.25, 0.3) is 0 Å². The molecule has 0 saturated heterocycles. The van der Waals surface area contributed by atoms with Gasteiger partial charge in [0.05, 0.1) is 12.2 Å². The summed E-state index contributed by atoms with van der Waals surface area (Å²) in [6, 6.07) is 15.7. The summed E-state index contributed by atoms with van der Waals surface area (Å²) in [6.07, 6.45) is 12.4. The third-order valence-electron chi connectivity index (χ3n) is 4.95. The summed E-state index contributed by atoms with van der Waals surface area (Å²) in [7, 11) is 0. The smallest absolute Gasteiger partial charge is 0.338 e. The lowest BCUT2D eigenvalue weighted by Crippen LogP contribution is -2.11. The fourth-order valence-corrected chi connectivity index (χ4v) is 3.87. The summed E-state index contributed by atoms with van der Waals surface area (Å²) in [5.74, 6) is -0.0432. The Hall–Kier alpha value is -2.34. The molecule has 0 spiro atoms. The van der Waals surface area contributed by atoms with Gasteiger partial charge in [0, 0.05) is 5.69 Å². The van der Waals surface area contributed by atoms with E-state index in [4.69, 9.17) is 8.92 Å². The number of para-hydroxylation sites is 1. The summed E-state index contributed by atoms with van der Waals surface area (Å²) in [4.78, 5) is 12.3. The third-order valence-corrected chi connectivity index (χ3v) is 5.69. The molecule has 0 aromatic heterocycles. The largest absolute Gasteiger partial charge is 0.462 e. The van der Waals surface area contributed by atoms with Gasteiger partial charge in [-0.2, -0.15) is 4.21 Å². The van der Waals surface area contributed by atoms with E-state index in [-0.39, 0.29) is 5.97 Å². The Kier molecular flexibility index (Phi) is 12.4. The Morgan fingerprint density at radius 3 is 2.16 bits per heavy atom. The van der Waals surface area contributed by atoms with Crippen LogP contribution in [0.5, 0.6) is 5.75 Å². The van der Waals surface area contributed by atoms with Crippen LogP contribution in [0, 0.1) is 0 Å². The van der Waals surface area contributed by atoms with Gasteiger partial charge in [-0.25, -0.2) is 4.79 Å². The molecule has 0 heterocycles. The Morgan fingerprint density at radius 2 is 1.48 bits per heavy atom. The number of rotatable bonds is 16. The molecule has 1 unspecified atom stereocenters. The molecule has 0 bridgehead atoms. The summed E-state index contributed by atoms with van der Waals surface area (Å²) in [5.41, 5.74) is 1.08. The maximum Gasteiger partial charge on any atom is 0.338 e.